The lowest BCUT2D eigenvalue weighted by molar-refractivity contribution is -0.136. The number of hydrogen-bond acceptors (Lipinski definition) is 3. The molecule has 0 spiro atoms. The van der Waals surface area contributed by atoms with Crippen molar-refractivity contribution in [1.29, 1.82) is 0 Å². The summed E-state index contributed by atoms with van der Waals surface area (Å²) >= 11 is 3.60. The van der Waals surface area contributed by atoms with Crippen LogP contribution in [0.3, 0.4) is 0 Å². The molecule has 4 nitrogen and oxygen atoms in total. The molecular formula is C17H22BrNO3. The molecule has 1 fully saturated rings. The molecule has 1 aliphatic carbocycles. The number of ether oxygens (including phenoxy) is 2. The number of fused-ring (bicyclic) bond motifs is 1. The lowest BCUT2D eigenvalue weighted by Gasteiger charge is -2.37. The summed E-state index contributed by atoms with van der Waals surface area (Å²) in [5.41, 5.74) is 2.40. The van der Waals surface area contributed by atoms with Crippen LogP contribution in [0.4, 0.5) is 0 Å². The molecule has 120 valence electrons. The van der Waals surface area contributed by atoms with Crippen molar-refractivity contribution in [2.45, 2.75) is 38.3 Å². The summed E-state index contributed by atoms with van der Waals surface area (Å²) in [7, 11) is 3.42. The molecule has 1 saturated carbocycles. The molecule has 3 rings (SSSR count). The van der Waals surface area contributed by atoms with Gasteiger partial charge in [-0.1, -0.05) is 15.9 Å². The molecule has 2 aliphatic rings. The van der Waals surface area contributed by atoms with Crippen LogP contribution in [0.1, 0.15) is 30.4 Å². The molecule has 2 atom stereocenters. The number of nitrogens with zero attached hydrogens (tertiary/aromatic N) is 1. The van der Waals surface area contributed by atoms with Crippen molar-refractivity contribution in [3.05, 3.63) is 27.7 Å². The molecule has 22 heavy (non-hydrogen) atoms. The molecule has 1 aliphatic heterocycles. The molecule has 1 aromatic rings. The van der Waals surface area contributed by atoms with Crippen LogP contribution in [0.2, 0.25) is 0 Å². The summed E-state index contributed by atoms with van der Waals surface area (Å²) in [6.45, 7) is 1.42. The van der Waals surface area contributed by atoms with Gasteiger partial charge < -0.3 is 14.4 Å². The van der Waals surface area contributed by atoms with Crippen LogP contribution in [0.5, 0.6) is 5.75 Å². The average molecular weight is 368 g/mol. The number of amides is 1. The fraction of sp³-hybridized carbons (Fsp3) is 0.588. The third-order valence-electron chi connectivity index (χ3n) is 4.97. The maximum Gasteiger partial charge on any atom is 0.223 e. The van der Waals surface area contributed by atoms with Crippen LogP contribution in [-0.4, -0.2) is 37.7 Å². The van der Waals surface area contributed by atoms with E-state index in [0.29, 0.717) is 18.9 Å². The maximum absolute atomic E-state index is 12.6. The monoisotopic (exact) mass is 367 g/mol. The minimum atomic E-state index is 0.236. The summed E-state index contributed by atoms with van der Waals surface area (Å²) in [4.78, 5) is 14.5. The number of rotatable bonds is 4. The lowest BCUT2D eigenvalue weighted by Crippen LogP contribution is -2.41. The molecule has 2 unspecified atom stereocenters. The van der Waals surface area contributed by atoms with E-state index in [0.717, 1.165) is 41.6 Å². The first-order valence-electron chi connectivity index (χ1n) is 7.78. The van der Waals surface area contributed by atoms with Crippen molar-refractivity contribution in [2.24, 2.45) is 5.92 Å². The van der Waals surface area contributed by atoms with Crippen LogP contribution in [0, 0.1) is 5.92 Å². The average Bonchev–Trinajstić information content (AvgIpc) is 2.52. The molecule has 0 N–H and O–H groups in total. The predicted octanol–water partition coefficient (Wildman–Crippen LogP) is 3.16. The molecule has 5 heteroatoms. The van der Waals surface area contributed by atoms with Crippen molar-refractivity contribution < 1.29 is 14.3 Å². The topological polar surface area (TPSA) is 38.8 Å². The largest absolute Gasteiger partial charge is 0.496 e. The van der Waals surface area contributed by atoms with E-state index in [1.165, 1.54) is 5.56 Å². The number of benzene rings is 1. The molecular weight excluding hydrogens is 346 g/mol. The Balaban J connectivity index is 1.71. The van der Waals surface area contributed by atoms with Gasteiger partial charge in [0.05, 0.1) is 13.2 Å². The fourth-order valence-electron chi connectivity index (χ4n) is 3.44. The van der Waals surface area contributed by atoms with Gasteiger partial charge in [0.25, 0.3) is 0 Å². The zero-order chi connectivity index (χ0) is 15.7. The quantitative estimate of drug-likeness (QED) is 0.820. The number of methoxy groups -OCH3 is 2. The Hall–Kier alpha value is -1.07. The second-order valence-electron chi connectivity index (χ2n) is 6.09. The molecule has 0 aromatic heterocycles. The summed E-state index contributed by atoms with van der Waals surface area (Å²) in [5.74, 6) is 1.50. The Bertz CT molecular complexity index is 573. The molecule has 1 aromatic carbocycles. The highest BCUT2D eigenvalue weighted by Crippen LogP contribution is 2.36. The van der Waals surface area contributed by atoms with Gasteiger partial charge in [-0.25, -0.2) is 0 Å². The standard InChI is InChI=1S/C17H22BrNO3/c1-21-15-5-3-11(15)9-17(20)19-8-7-12-13(10-19)16(22-2)6-4-14(12)18/h4,6,11,15H,3,5,7-10H2,1-2H3. The van der Waals surface area contributed by atoms with Gasteiger partial charge in [0.1, 0.15) is 5.75 Å². The second-order valence-corrected chi connectivity index (χ2v) is 6.94. The minimum Gasteiger partial charge on any atom is -0.496 e. The van der Waals surface area contributed by atoms with E-state index in [2.05, 4.69) is 15.9 Å². The molecule has 0 bridgehead atoms. The third-order valence-corrected chi connectivity index (χ3v) is 5.71. The Morgan fingerprint density at radius 1 is 1.32 bits per heavy atom. The Morgan fingerprint density at radius 2 is 2.14 bits per heavy atom. The van der Waals surface area contributed by atoms with Crippen molar-refractivity contribution in [1.82, 2.24) is 4.90 Å². The highest BCUT2D eigenvalue weighted by molar-refractivity contribution is 9.10. The van der Waals surface area contributed by atoms with E-state index in [4.69, 9.17) is 9.47 Å². The van der Waals surface area contributed by atoms with E-state index in [9.17, 15) is 4.79 Å². The predicted molar refractivity (Wildman–Crippen MR) is 88.0 cm³/mol. The van der Waals surface area contributed by atoms with Crippen molar-refractivity contribution in [2.75, 3.05) is 20.8 Å². The van der Waals surface area contributed by atoms with E-state index in [-0.39, 0.29) is 12.0 Å². The van der Waals surface area contributed by atoms with Crippen LogP contribution < -0.4 is 4.74 Å². The van der Waals surface area contributed by atoms with Crippen LogP contribution in [0.25, 0.3) is 0 Å². The first-order chi connectivity index (χ1) is 10.6. The summed E-state index contributed by atoms with van der Waals surface area (Å²) in [5, 5.41) is 0. The maximum atomic E-state index is 12.6. The van der Waals surface area contributed by atoms with Crippen molar-refractivity contribution in [3.8, 4) is 5.75 Å². The first kappa shape index (κ1) is 15.8. The number of halogens is 1. The normalized spacial score (nSPS) is 23.7. The van der Waals surface area contributed by atoms with Crippen molar-refractivity contribution >= 4 is 21.8 Å². The summed E-state index contributed by atoms with van der Waals surface area (Å²) < 4.78 is 12.0. The van der Waals surface area contributed by atoms with Gasteiger partial charge in [-0.15, -0.1) is 0 Å². The first-order valence-corrected chi connectivity index (χ1v) is 8.58. The van der Waals surface area contributed by atoms with E-state index < -0.39 is 0 Å². The highest BCUT2D eigenvalue weighted by atomic mass is 79.9. The van der Waals surface area contributed by atoms with Gasteiger partial charge in [0.2, 0.25) is 5.91 Å². The van der Waals surface area contributed by atoms with Crippen molar-refractivity contribution in [3.63, 3.8) is 0 Å². The van der Waals surface area contributed by atoms with Gasteiger partial charge in [-0.05, 0) is 42.9 Å². The second kappa shape index (κ2) is 6.59. The molecule has 1 amide bonds. The molecule has 1 heterocycles. The lowest BCUT2D eigenvalue weighted by atomic mass is 9.79. The SMILES string of the molecule is COc1ccc(Br)c2c1CN(C(=O)CC1CCC1OC)CC2. The summed E-state index contributed by atoms with van der Waals surface area (Å²) in [6.07, 6.45) is 3.92. The molecule has 0 saturated heterocycles. The van der Waals surface area contributed by atoms with E-state index in [1.54, 1.807) is 14.2 Å². The zero-order valence-corrected chi connectivity index (χ0v) is 14.7. The van der Waals surface area contributed by atoms with E-state index >= 15 is 0 Å². The number of carbonyl (C=O) groups is 1. The van der Waals surface area contributed by atoms with Gasteiger partial charge in [-0.2, -0.15) is 0 Å². The van der Waals surface area contributed by atoms with Gasteiger partial charge in [-0.3, -0.25) is 4.79 Å². The smallest absolute Gasteiger partial charge is 0.223 e. The minimum absolute atomic E-state index is 0.236. The molecule has 0 radical (unpaired) electrons. The van der Waals surface area contributed by atoms with Crippen LogP contribution >= 0.6 is 15.9 Å². The van der Waals surface area contributed by atoms with Gasteiger partial charge >= 0.3 is 0 Å². The Labute approximate surface area is 139 Å². The van der Waals surface area contributed by atoms with Crippen LogP contribution in [-0.2, 0) is 22.5 Å². The number of carbonyl (C=O) groups excluding carboxylic acids is 1. The van der Waals surface area contributed by atoms with Gasteiger partial charge in [0.15, 0.2) is 0 Å². The van der Waals surface area contributed by atoms with E-state index in [1.807, 2.05) is 17.0 Å². The number of hydrogen-bond donors (Lipinski definition) is 0. The third kappa shape index (κ3) is 2.88. The summed E-state index contributed by atoms with van der Waals surface area (Å²) in [6, 6.07) is 3.98. The van der Waals surface area contributed by atoms with Gasteiger partial charge in [0, 0.05) is 36.7 Å². The van der Waals surface area contributed by atoms with Crippen LogP contribution in [0.15, 0.2) is 16.6 Å². The highest BCUT2D eigenvalue weighted by Gasteiger charge is 2.34. The Kier molecular flexibility index (Phi) is 4.73. The Morgan fingerprint density at radius 3 is 2.77 bits per heavy atom. The zero-order valence-electron chi connectivity index (χ0n) is 13.1. The fourth-order valence-corrected chi connectivity index (χ4v) is 4.01.